The minimum absolute atomic E-state index is 0.131. The molecular formula is C15H12N2O2. The molecule has 1 heterocycles. The van der Waals surface area contributed by atoms with Crippen molar-refractivity contribution in [2.24, 2.45) is 0 Å². The van der Waals surface area contributed by atoms with Crippen molar-refractivity contribution >= 4 is 22.9 Å². The SMILES string of the molecule is O=C1Nc2ccccc2C1=CNc1cccc(O)c1. The van der Waals surface area contributed by atoms with Gasteiger partial charge in [0.25, 0.3) is 5.91 Å². The van der Waals surface area contributed by atoms with Crippen LogP contribution < -0.4 is 10.6 Å². The van der Waals surface area contributed by atoms with Gasteiger partial charge in [-0.2, -0.15) is 0 Å². The first kappa shape index (κ1) is 11.3. The molecule has 0 fully saturated rings. The second kappa shape index (κ2) is 4.49. The minimum Gasteiger partial charge on any atom is -0.508 e. The average molecular weight is 252 g/mol. The summed E-state index contributed by atoms with van der Waals surface area (Å²) < 4.78 is 0. The number of nitrogens with one attached hydrogen (secondary N) is 2. The molecule has 0 spiro atoms. The zero-order valence-corrected chi connectivity index (χ0v) is 10.1. The van der Waals surface area contributed by atoms with Crippen molar-refractivity contribution in [2.45, 2.75) is 0 Å². The van der Waals surface area contributed by atoms with Gasteiger partial charge in [-0.3, -0.25) is 4.79 Å². The smallest absolute Gasteiger partial charge is 0.257 e. The number of aromatic hydroxyl groups is 1. The average Bonchev–Trinajstić information content (AvgIpc) is 2.72. The quantitative estimate of drug-likeness (QED) is 0.720. The fourth-order valence-corrected chi connectivity index (χ4v) is 2.03. The van der Waals surface area contributed by atoms with Gasteiger partial charge in [0.05, 0.1) is 5.57 Å². The highest BCUT2D eigenvalue weighted by Gasteiger charge is 2.23. The Balaban J connectivity index is 1.90. The van der Waals surface area contributed by atoms with E-state index < -0.39 is 0 Å². The van der Waals surface area contributed by atoms with E-state index in [9.17, 15) is 9.90 Å². The van der Waals surface area contributed by atoms with E-state index >= 15 is 0 Å². The maximum absolute atomic E-state index is 11.9. The molecule has 2 aromatic rings. The minimum atomic E-state index is -0.131. The number of hydrogen-bond acceptors (Lipinski definition) is 3. The van der Waals surface area contributed by atoms with Crippen LogP contribution in [0.25, 0.3) is 5.57 Å². The summed E-state index contributed by atoms with van der Waals surface area (Å²) in [7, 11) is 0. The molecule has 0 radical (unpaired) electrons. The maximum Gasteiger partial charge on any atom is 0.257 e. The largest absolute Gasteiger partial charge is 0.508 e. The summed E-state index contributed by atoms with van der Waals surface area (Å²) in [6.45, 7) is 0. The molecule has 1 aliphatic heterocycles. The van der Waals surface area contributed by atoms with E-state index in [0.29, 0.717) is 5.57 Å². The summed E-state index contributed by atoms with van der Waals surface area (Å²) in [6.07, 6.45) is 1.65. The second-order valence-corrected chi connectivity index (χ2v) is 4.25. The Bertz CT molecular complexity index is 677. The van der Waals surface area contributed by atoms with Gasteiger partial charge in [-0.15, -0.1) is 0 Å². The molecule has 2 aromatic carbocycles. The predicted molar refractivity (Wildman–Crippen MR) is 74.8 cm³/mol. The van der Waals surface area contributed by atoms with Crippen molar-refractivity contribution in [2.75, 3.05) is 10.6 Å². The van der Waals surface area contributed by atoms with Gasteiger partial charge < -0.3 is 15.7 Å². The van der Waals surface area contributed by atoms with E-state index in [-0.39, 0.29) is 11.7 Å². The number of anilines is 2. The van der Waals surface area contributed by atoms with Crippen LogP contribution in [0.3, 0.4) is 0 Å². The Morgan fingerprint density at radius 1 is 1.11 bits per heavy atom. The van der Waals surface area contributed by atoms with Crippen LogP contribution >= 0.6 is 0 Å². The third kappa shape index (κ3) is 2.15. The number of phenols is 1. The fraction of sp³-hybridized carbons (Fsp3) is 0. The highest BCUT2D eigenvalue weighted by atomic mass is 16.3. The topological polar surface area (TPSA) is 61.4 Å². The first-order valence-corrected chi connectivity index (χ1v) is 5.90. The van der Waals surface area contributed by atoms with E-state index in [0.717, 1.165) is 16.9 Å². The molecule has 1 aliphatic rings. The third-order valence-corrected chi connectivity index (χ3v) is 2.94. The molecule has 0 atom stereocenters. The number of rotatable bonds is 2. The molecule has 0 saturated heterocycles. The highest BCUT2D eigenvalue weighted by molar-refractivity contribution is 6.31. The van der Waals surface area contributed by atoms with Crippen LogP contribution in [-0.4, -0.2) is 11.0 Å². The lowest BCUT2D eigenvalue weighted by Gasteiger charge is -2.02. The molecule has 4 heteroatoms. The summed E-state index contributed by atoms with van der Waals surface area (Å²) >= 11 is 0. The van der Waals surface area contributed by atoms with Crippen LogP contribution in [0.4, 0.5) is 11.4 Å². The van der Waals surface area contributed by atoms with Crippen LogP contribution in [0.2, 0.25) is 0 Å². The molecular weight excluding hydrogens is 240 g/mol. The number of phenolic OH excluding ortho intramolecular Hbond substituents is 1. The van der Waals surface area contributed by atoms with E-state index in [2.05, 4.69) is 10.6 Å². The number of hydrogen-bond donors (Lipinski definition) is 3. The van der Waals surface area contributed by atoms with Gasteiger partial charge in [-0.25, -0.2) is 0 Å². The molecule has 3 rings (SSSR count). The monoisotopic (exact) mass is 252 g/mol. The Morgan fingerprint density at radius 3 is 2.79 bits per heavy atom. The molecule has 94 valence electrons. The summed E-state index contributed by atoms with van der Waals surface area (Å²) in [5.41, 5.74) is 3.00. The van der Waals surface area contributed by atoms with E-state index in [1.165, 1.54) is 0 Å². The Morgan fingerprint density at radius 2 is 1.95 bits per heavy atom. The maximum atomic E-state index is 11.9. The number of para-hydroxylation sites is 1. The predicted octanol–water partition coefficient (Wildman–Crippen LogP) is 2.80. The van der Waals surface area contributed by atoms with Crippen molar-refractivity contribution in [1.82, 2.24) is 0 Å². The number of amides is 1. The van der Waals surface area contributed by atoms with Gasteiger partial charge in [-0.1, -0.05) is 24.3 Å². The van der Waals surface area contributed by atoms with Crippen LogP contribution in [0.5, 0.6) is 5.75 Å². The Kier molecular flexibility index (Phi) is 2.68. The van der Waals surface area contributed by atoms with Gasteiger partial charge in [0, 0.05) is 29.2 Å². The highest BCUT2D eigenvalue weighted by Crippen LogP contribution is 2.31. The molecule has 1 amide bonds. The van der Waals surface area contributed by atoms with Crippen molar-refractivity contribution in [3.63, 3.8) is 0 Å². The summed E-state index contributed by atoms with van der Waals surface area (Å²) in [6, 6.07) is 14.3. The normalized spacial score (nSPS) is 15.2. The van der Waals surface area contributed by atoms with Crippen LogP contribution in [0, 0.1) is 0 Å². The molecule has 3 N–H and O–H groups in total. The van der Waals surface area contributed by atoms with E-state index in [4.69, 9.17) is 0 Å². The zero-order valence-electron chi connectivity index (χ0n) is 10.1. The first-order valence-electron chi connectivity index (χ1n) is 5.90. The van der Waals surface area contributed by atoms with Gasteiger partial charge >= 0.3 is 0 Å². The lowest BCUT2D eigenvalue weighted by atomic mass is 10.1. The number of carbonyl (C=O) groups excluding carboxylic acids is 1. The lowest BCUT2D eigenvalue weighted by Crippen LogP contribution is -2.05. The van der Waals surface area contributed by atoms with Crippen molar-refractivity contribution in [1.29, 1.82) is 0 Å². The molecule has 4 nitrogen and oxygen atoms in total. The number of carbonyl (C=O) groups is 1. The molecule has 0 aliphatic carbocycles. The third-order valence-electron chi connectivity index (χ3n) is 2.94. The zero-order chi connectivity index (χ0) is 13.2. The van der Waals surface area contributed by atoms with Crippen LogP contribution in [0.1, 0.15) is 5.56 Å². The van der Waals surface area contributed by atoms with Gasteiger partial charge in [0.2, 0.25) is 0 Å². The van der Waals surface area contributed by atoms with Gasteiger partial charge in [0.15, 0.2) is 0 Å². The van der Waals surface area contributed by atoms with Crippen molar-refractivity contribution in [3.05, 3.63) is 60.3 Å². The molecule has 19 heavy (non-hydrogen) atoms. The Labute approximate surface area is 110 Å². The fourth-order valence-electron chi connectivity index (χ4n) is 2.03. The van der Waals surface area contributed by atoms with Crippen molar-refractivity contribution < 1.29 is 9.90 Å². The number of fused-ring (bicyclic) bond motifs is 1. The number of benzene rings is 2. The summed E-state index contributed by atoms with van der Waals surface area (Å²) in [5, 5.41) is 15.2. The molecule has 0 saturated carbocycles. The van der Waals surface area contributed by atoms with E-state index in [1.807, 2.05) is 30.3 Å². The standard InChI is InChI=1S/C15H12N2O2/c18-11-5-3-4-10(8-11)16-9-13-12-6-1-2-7-14(12)17-15(13)19/h1-9,16,18H,(H,17,19). The van der Waals surface area contributed by atoms with Crippen LogP contribution in [-0.2, 0) is 4.79 Å². The molecule has 0 aromatic heterocycles. The van der Waals surface area contributed by atoms with Gasteiger partial charge in [-0.05, 0) is 18.2 Å². The molecule has 0 unspecified atom stereocenters. The Hall–Kier alpha value is -2.75. The summed E-state index contributed by atoms with van der Waals surface area (Å²) in [5.74, 6) is 0.0496. The van der Waals surface area contributed by atoms with Crippen LogP contribution in [0.15, 0.2) is 54.7 Å². The first-order chi connectivity index (χ1) is 9.24. The van der Waals surface area contributed by atoms with Crippen molar-refractivity contribution in [3.8, 4) is 5.75 Å². The second-order valence-electron chi connectivity index (χ2n) is 4.25. The van der Waals surface area contributed by atoms with E-state index in [1.54, 1.807) is 24.4 Å². The lowest BCUT2D eigenvalue weighted by molar-refractivity contribution is -0.110. The molecule has 0 bridgehead atoms. The van der Waals surface area contributed by atoms with Gasteiger partial charge in [0.1, 0.15) is 5.75 Å². The summed E-state index contributed by atoms with van der Waals surface area (Å²) in [4.78, 5) is 11.9.